The summed E-state index contributed by atoms with van der Waals surface area (Å²) in [6.45, 7) is 6.02. The van der Waals surface area contributed by atoms with E-state index in [9.17, 15) is 9.18 Å². The second kappa shape index (κ2) is 6.60. The minimum Gasteiger partial charge on any atom is -0.492 e. The number of rotatable bonds is 5. The predicted molar refractivity (Wildman–Crippen MR) is 85.7 cm³/mol. The maximum absolute atomic E-state index is 13.0. The molecule has 0 bridgehead atoms. The smallest absolute Gasteiger partial charge is 0.234 e. The van der Waals surface area contributed by atoms with Gasteiger partial charge in [0.25, 0.3) is 0 Å². The molecule has 2 aromatic carbocycles. The molecule has 116 valence electrons. The number of hydrogen-bond donors (Lipinski definition) is 1. The van der Waals surface area contributed by atoms with Crippen LogP contribution in [0.25, 0.3) is 0 Å². The minimum absolute atomic E-state index is 0.175. The highest BCUT2D eigenvalue weighted by atomic mass is 19.1. The summed E-state index contributed by atoms with van der Waals surface area (Å²) in [6.07, 6.45) is 0. The number of carbonyl (C=O) groups excluding carboxylic acids is 1. The van der Waals surface area contributed by atoms with Crippen molar-refractivity contribution in [1.82, 2.24) is 0 Å². The molecule has 0 saturated heterocycles. The van der Waals surface area contributed by atoms with Crippen molar-refractivity contribution in [3.05, 3.63) is 59.9 Å². The van der Waals surface area contributed by atoms with Gasteiger partial charge >= 0.3 is 0 Å². The van der Waals surface area contributed by atoms with Crippen LogP contribution in [0.15, 0.2) is 48.5 Å². The van der Waals surface area contributed by atoms with E-state index in [0.29, 0.717) is 18.0 Å². The van der Waals surface area contributed by atoms with Gasteiger partial charge in [-0.1, -0.05) is 24.3 Å². The number of benzene rings is 2. The van der Waals surface area contributed by atoms with Crippen LogP contribution in [-0.2, 0) is 10.2 Å². The number of nitrogens with one attached hydrogen (secondary N) is 1. The summed E-state index contributed by atoms with van der Waals surface area (Å²) in [6, 6.07) is 13.3. The summed E-state index contributed by atoms with van der Waals surface area (Å²) in [4.78, 5) is 12.6. The van der Waals surface area contributed by atoms with Crippen LogP contribution in [0, 0.1) is 5.82 Å². The van der Waals surface area contributed by atoms with E-state index in [2.05, 4.69) is 5.32 Å². The third-order valence-electron chi connectivity index (χ3n) is 3.57. The Morgan fingerprint density at radius 1 is 1.14 bits per heavy atom. The molecule has 2 aromatic rings. The lowest BCUT2D eigenvalue weighted by Crippen LogP contribution is -2.34. The number of halogens is 1. The zero-order chi connectivity index (χ0) is 16.2. The fourth-order valence-corrected chi connectivity index (χ4v) is 2.13. The fraction of sp³-hybridized carbons (Fsp3) is 0.278. The van der Waals surface area contributed by atoms with E-state index >= 15 is 0 Å². The molecule has 0 aliphatic heterocycles. The van der Waals surface area contributed by atoms with E-state index in [0.717, 1.165) is 5.56 Å². The molecular weight excluding hydrogens is 281 g/mol. The standard InChI is InChI=1S/C18H20FNO2/c1-4-22-16-8-6-5-7-15(16)20-17(21)18(2,3)13-9-11-14(19)12-10-13/h5-12H,4H2,1-3H3,(H,20,21). The van der Waals surface area contributed by atoms with E-state index in [-0.39, 0.29) is 11.7 Å². The third-order valence-corrected chi connectivity index (χ3v) is 3.57. The van der Waals surface area contributed by atoms with Crippen LogP contribution >= 0.6 is 0 Å². The first-order valence-electron chi connectivity index (χ1n) is 7.24. The first kappa shape index (κ1) is 16.0. The molecule has 0 atom stereocenters. The van der Waals surface area contributed by atoms with Crippen LogP contribution < -0.4 is 10.1 Å². The summed E-state index contributed by atoms with van der Waals surface area (Å²) in [5, 5.41) is 2.89. The highest BCUT2D eigenvalue weighted by Gasteiger charge is 2.30. The number of carbonyl (C=O) groups is 1. The Hall–Kier alpha value is -2.36. The van der Waals surface area contributed by atoms with Gasteiger partial charge in [-0.25, -0.2) is 4.39 Å². The van der Waals surface area contributed by atoms with E-state index in [4.69, 9.17) is 4.74 Å². The lowest BCUT2D eigenvalue weighted by molar-refractivity contribution is -0.120. The van der Waals surface area contributed by atoms with Crippen molar-refractivity contribution in [3.8, 4) is 5.75 Å². The number of ether oxygens (including phenoxy) is 1. The average Bonchev–Trinajstić information content (AvgIpc) is 2.50. The lowest BCUT2D eigenvalue weighted by Gasteiger charge is -2.24. The molecule has 4 heteroatoms. The second-order valence-corrected chi connectivity index (χ2v) is 5.52. The van der Waals surface area contributed by atoms with Crippen molar-refractivity contribution in [1.29, 1.82) is 0 Å². The van der Waals surface area contributed by atoms with Crippen LogP contribution in [0.5, 0.6) is 5.75 Å². The summed E-state index contributed by atoms with van der Waals surface area (Å²) in [5.74, 6) is 0.140. The van der Waals surface area contributed by atoms with Gasteiger partial charge in [0.15, 0.2) is 0 Å². The molecule has 0 unspecified atom stereocenters. The molecule has 0 heterocycles. The number of para-hydroxylation sites is 2. The van der Waals surface area contributed by atoms with Crippen molar-refractivity contribution < 1.29 is 13.9 Å². The molecule has 0 aromatic heterocycles. The maximum atomic E-state index is 13.0. The van der Waals surface area contributed by atoms with E-state index in [1.165, 1.54) is 12.1 Å². The van der Waals surface area contributed by atoms with Gasteiger partial charge in [0, 0.05) is 0 Å². The number of anilines is 1. The zero-order valence-corrected chi connectivity index (χ0v) is 13.0. The Labute approximate surface area is 130 Å². The van der Waals surface area contributed by atoms with Crippen molar-refractivity contribution in [3.63, 3.8) is 0 Å². The Bertz CT molecular complexity index is 650. The van der Waals surface area contributed by atoms with Gasteiger partial charge in [0.1, 0.15) is 11.6 Å². The topological polar surface area (TPSA) is 38.3 Å². The van der Waals surface area contributed by atoms with Gasteiger partial charge < -0.3 is 10.1 Å². The van der Waals surface area contributed by atoms with Crippen LogP contribution in [0.1, 0.15) is 26.3 Å². The van der Waals surface area contributed by atoms with E-state index in [1.807, 2.05) is 25.1 Å². The van der Waals surface area contributed by atoms with Gasteiger partial charge in [-0.05, 0) is 50.6 Å². The van der Waals surface area contributed by atoms with Crippen LogP contribution in [-0.4, -0.2) is 12.5 Å². The first-order chi connectivity index (χ1) is 10.4. The lowest BCUT2D eigenvalue weighted by atomic mass is 9.83. The molecule has 0 aliphatic carbocycles. The normalized spacial score (nSPS) is 11.1. The van der Waals surface area contributed by atoms with Gasteiger partial charge in [-0.15, -0.1) is 0 Å². The molecule has 3 nitrogen and oxygen atoms in total. The quantitative estimate of drug-likeness (QED) is 0.901. The van der Waals surface area contributed by atoms with Crippen molar-refractivity contribution >= 4 is 11.6 Å². The Kier molecular flexibility index (Phi) is 4.81. The molecular formula is C18H20FNO2. The molecule has 2 rings (SSSR count). The molecule has 0 aliphatic rings. The van der Waals surface area contributed by atoms with Crippen molar-refractivity contribution in [2.75, 3.05) is 11.9 Å². The van der Waals surface area contributed by atoms with Crippen LogP contribution in [0.2, 0.25) is 0 Å². The molecule has 0 spiro atoms. The monoisotopic (exact) mass is 301 g/mol. The summed E-state index contributed by atoms with van der Waals surface area (Å²) in [5.41, 5.74) is 0.595. The molecule has 0 saturated carbocycles. The van der Waals surface area contributed by atoms with Crippen LogP contribution in [0.3, 0.4) is 0 Å². The van der Waals surface area contributed by atoms with Gasteiger partial charge in [0.2, 0.25) is 5.91 Å². The summed E-state index contributed by atoms with van der Waals surface area (Å²) < 4.78 is 18.6. The second-order valence-electron chi connectivity index (χ2n) is 5.52. The first-order valence-corrected chi connectivity index (χ1v) is 7.24. The molecule has 0 fully saturated rings. The van der Waals surface area contributed by atoms with Gasteiger partial charge in [-0.3, -0.25) is 4.79 Å². The highest BCUT2D eigenvalue weighted by molar-refractivity contribution is 5.99. The maximum Gasteiger partial charge on any atom is 0.234 e. The number of hydrogen-bond acceptors (Lipinski definition) is 2. The van der Waals surface area contributed by atoms with E-state index < -0.39 is 5.41 Å². The molecule has 1 N–H and O–H groups in total. The SMILES string of the molecule is CCOc1ccccc1NC(=O)C(C)(C)c1ccc(F)cc1. The Morgan fingerprint density at radius 3 is 2.41 bits per heavy atom. The van der Waals surface area contributed by atoms with Gasteiger partial charge in [-0.2, -0.15) is 0 Å². The Morgan fingerprint density at radius 2 is 1.77 bits per heavy atom. The largest absolute Gasteiger partial charge is 0.492 e. The molecule has 0 radical (unpaired) electrons. The number of amides is 1. The Balaban J connectivity index is 2.22. The van der Waals surface area contributed by atoms with Crippen molar-refractivity contribution in [2.24, 2.45) is 0 Å². The molecule has 1 amide bonds. The van der Waals surface area contributed by atoms with E-state index in [1.54, 1.807) is 32.0 Å². The van der Waals surface area contributed by atoms with Crippen LogP contribution in [0.4, 0.5) is 10.1 Å². The highest BCUT2D eigenvalue weighted by Crippen LogP contribution is 2.29. The zero-order valence-electron chi connectivity index (χ0n) is 13.0. The average molecular weight is 301 g/mol. The third kappa shape index (κ3) is 3.45. The summed E-state index contributed by atoms with van der Waals surface area (Å²) in [7, 11) is 0. The minimum atomic E-state index is -0.785. The summed E-state index contributed by atoms with van der Waals surface area (Å²) >= 11 is 0. The van der Waals surface area contributed by atoms with Crippen molar-refractivity contribution in [2.45, 2.75) is 26.2 Å². The predicted octanol–water partition coefficient (Wildman–Crippen LogP) is 4.14. The fourth-order valence-electron chi connectivity index (χ4n) is 2.13. The molecule has 22 heavy (non-hydrogen) atoms. The van der Waals surface area contributed by atoms with Gasteiger partial charge in [0.05, 0.1) is 17.7 Å².